The largest absolute Gasteiger partial charge is 0.496 e. The SMILES string of the molecule is COc1cc(N)c(Cl)cc1C(=O)NCC1CCN(CCCCCOc2cccc3ccccc23)CC1. The highest BCUT2D eigenvalue weighted by atomic mass is 35.5. The number of likely N-dealkylation sites (tertiary alicyclic amines) is 1. The number of nitrogens with two attached hydrogens (primary N) is 1. The van der Waals surface area contributed by atoms with Crippen LogP contribution in [0.2, 0.25) is 5.02 Å². The van der Waals surface area contributed by atoms with E-state index >= 15 is 0 Å². The van der Waals surface area contributed by atoms with Crippen LogP contribution in [0, 0.1) is 5.92 Å². The number of methoxy groups -OCH3 is 1. The fourth-order valence-corrected chi connectivity index (χ4v) is 4.94. The van der Waals surface area contributed by atoms with Crippen LogP contribution in [0.15, 0.2) is 54.6 Å². The van der Waals surface area contributed by atoms with Crippen molar-refractivity contribution in [1.29, 1.82) is 0 Å². The van der Waals surface area contributed by atoms with Gasteiger partial charge in [-0.3, -0.25) is 4.79 Å². The van der Waals surface area contributed by atoms with E-state index in [0.29, 0.717) is 34.5 Å². The first kappa shape index (κ1) is 26.1. The molecule has 1 aliphatic heterocycles. The maximum atomic E-state index is 12.7. The predicted molar refractivity (Wildman–Crippen MR) is 147 cm³/mol. The summed E-state index contributed by atoms with van der Waals surface area (Å²) < 4.78 is 11.4. The number of carbonyl (C=O) groups excluding carboxylic acids is 1. The lowest BCUT2D eigenvalue weighted by molar-refractivity contribution is 0.0933. The van der Waals surface area contributed by atoms with Gasteiger partial charge in [-0.15, -0.1) is 0 Å². The Morgan fingerprint density at radius 2 is 1.83 bits per heavy atom. The second-order valence-corrected chi connectivity index (χ2v) is 9.86. The standard InChI is InChI=1S/C29H36ClN3O3/c1-35-28-19-26(31)25(30)18-24(28)29(34)32-20-21-12-15-33(16-13-21)14-5-2-6-17-36-27-11-7-9-22-8-3-4-10-23(22)27/h3-4,7-11,18-19,21H,2,5-6,12-17,20,31H2,1H3,(H,32,34). The molecule has 0 saturated carbocycles. The average molecular weight is 510 g/mol. The van der Waals surface area contributed by atoms with E-state index in [9.17, 15) is 4.79 Å². The van der Waals surface area contributed by atoms with Gasteiger partial charge in [-0.2, -0.15) is 0 Å². The van der Waals surface area contributed by atoms with E-state index in [-0.39, 0.29) is 5.91 Å². The number of amides is 1. The van der Waals surface area contributed by atoms with E-state index in [1.165, 1.54) is 24.3 Å². The molecule has 3 aromatic rings. The number of hydrogen-bond donors (Lipinski definition) is 2. The number of nitrogens with one attached hydrogen (secondary N) is 1. The van der Waals surface area contributed by atoms with E-state index in [2.05, 4.69) is 52.7 Å². The third kappa shape index (κ3) is 6.83. The molecule has 1 aliphatic rings. The molecule has 0 aliphatic carbocycles. The molecule has 1 fully saturated rings. The minimum absolute atomic E-state index is 0.179. The molecule has 36 heavy (non-hydrogen) atoms. The summed E-state index contributed by atoms with van der Waals surface area (Å²) in [6.07, 6.45) is 5.57. The Balaban J connectivity index is 1.10. The molecule has 192 valence electrons. The van der Waals surface area contributed by atoms with Crippen molar-refractivity contribution in [2.75, 3.05) is 45.6 Å². The van der Waals surface area contributed by atoms with Gasteiger partial charge in [0.15, 0.2) is 0 Å². The lowest BCUT2D eigenvalue weighted by Gasteiger charge is -2.32. The molecule has 6 nitrogen and oxygen atoms in total. The molecule has 1 amide bonds. The number of anilines is 1. The first-order chi connectivity index (χ1) is 17.5. The molecule has 0 radical (unpaired) electrons. The fourth-order valence-electron chi connectivity index (χ4n) is 4.78. The Kier molecular flexibility index (Phi) is 9.31. The van der Waals surface area contributed by atoms with Crippen molar-refractivity contribution < 1.29 is 14.3 Å². The van der Waals surface area contributed by atoms with Gasteiger partial charge >= 0.3 is 0 Å². The Morgan fingerprint density at radius 3 is 2.64 bits per heavy atom. The maximum Gasteiger partial charge on any atom is 0.255 e. The topological polar surface area (TPSA) is 76.8 Å². The molecular formula is C29H36ClN3O3. The molecule has 4 rings (SSSR count). The number of fused-ring (bicyclic) bond motifs is 1. The summed E-state index contributed by atoms with van der Waals surface area (Å²) in [7, 11) is 1.52. The van der Waals surface area contributed by atoms with Crippen LogP contribution in [0.4, 0.5) is 5.69 Å². The van der Waals surface area contributed by atoms with Crippen molar-refractivity contribution in [1.82, 2.24) is 10.2 Å². The number of rotatable bonds is 11. The number of nitrogens with zero attached hydrogens (tertiary/aromatic N) is 1. The van der Waals surface area contributed by atoms with Gasteiger partial charge in [-0.05, 0) is 75.2 Å². The van der Waals surface area contributed by atoms with Crippen LogP contribution in [0.3, 0.4) is 0 Å². The smallest absolute Gasteiger partial charge is 0.255 e. The molecule has 0 bridgehead atoms. The summed E-state index contributed by atoms with van der Waals surface area (Å²) in [6, 6.07) is 17.7. The number of nitrogen functional groups attached to an aromatic ring is 1. The van der Waals surface area contributed by atoms with Crippen LogP contribution < -0.4 is 20.5 Å². The van der Waals surface area contributed by atoms with Gasteiger partial charge in [0.05, 0.1) is 30.0 Å². The first-order valence-corrected chi connectivity index (χ1v) is 13.2. The molecule has 1 saturated heterocycles. The highest BCUT2D eigenvalue weighted by Gasteiger charge is 2.21. The third-order valence-electron chi connectivity index (χ3n) is 6.95. The zero-order chi connectivity index (χ0) is 25.3. The molecule has 0 unspecified atom stereocenters. The molecule has 0 spiro atoms. The average Bonchev–Trinajstić information content (AvgIpc) is 2.91. The molecule has 3 N–H and O–H groups in total. The zero-order valence-corrected chi connectivity index (χ0v) is 21.7. The second-order valence-electron chi connectivity index (χ2n) is 9.46. The highest BCUT2D eigenvalue weighted by molar-refractivity contribution is 6.33. The molecule has 1 heterocycles. The minimum atomic E-state index is -0.179. The Bertz CT molecular complexity index is 1160. The molecule has 3 aromatic carbocycles. The monoisotopic (exact) mass is 509 g/mol. The van der Waals surface area contributed by atoms with Crippen LogP contribution in [0.25, 0.3) is 10.8 Å². The summed E-state index contributed by atoms with van der Waals surface area (Å²) in [5, 5.41) is 5.79. The number of hydrogen-bond acceptors (Lipinski definition) is 5. The minimum Gasteiger partial charge on any atom is -0.496 e. The van der Waals surface area contributed by atoms with Crippen LogP contribution in [-0.4, -0.2) is 50.7 Å². The molecule has 0 aromatic heterocycles. The van der Waals surface area contributed by atoms with Crippen molar-refractivity contribution in [3.63, 3.8) is 0 Å². The number of carbonyl (C=O) groups is 1. The van der Waals surface area contributed by atoms with Crippen molar-refractivity contribution >= 4 is 34.0 Å². The molecular weight excluding hydrogens is 474 g/mol. The van der Waals surface area contributed by atoms with Crippen LogP contribution >= 0.6 is 11.6 Å². The second kappa shape index (κ2) is 12.8. The number of unbranched alkanes of at least 4 members (excludes halogenated alkanes) is 2. The van der Waals surface area contributed by atoms with E-state index in [4.69, 9.17) is 26.8 Å². The summed E-state index contributed by atoms with van der Waals surface area (Å²) in [4.78, 5) is 15.2. The number of ether oxygens (including phenoxy) is 2. The molecule has 0 atom stereocenters. The number of halogens is 1. The van der Waals surface area contributed by atoms with Gasteiger partial charge < -0.3 is 25.4 Å². The van der Waals surface area contributed by atoms with Crippen LogP contribution in [0.1, 0.15) is 42.5 Å². The summed E-state index contributed by atoms with van der Waals surface area (Å²) in [5.74, 6) is 1.71. The van der Waals surface area contributed by atoms with Gasteiger partial charge in [-0.1, -0.05) is 48.0 Å². The van der Waals surface area contributed by atoms with E-state index in [1.54, 1.807) is 12.1 Å². The van der Waals surface area contributed by atoms with Crippen LogP contribution in [0.5, 0.6) is 11.5 Å². The van der Waals surface area contributed by atoms with Crippen molar-refractivity contribution in [3.8, 4) is 11.5 Å². The number of benzene rings is 3. The Morgan fingerprint density at radius 1 is 1.06 bits per heavy atom. The van der Waals surface area contributed by atoms with E-state index in [0.717, 1.165) is 57.7 Å². The lowest BCUT2D eigenvalue weighted by atomic mass is 9.96. The van der Waals surface area contributed by atoms with Gasteiger partial charge in [0, 0.05) is 18.0 Å². The number of piperidine rings is 1. The normalized spacial score (nSPS) is 14.6. The lowest BCUT2D eigenvalue weighted by Crippen LogP contribution is -2.39. The Labute approximate surface area is 218 Å². The summed E-state index contributed by atoms with van der Waals surface area (Å²) >= 11 is 6.10. The van der Waals surface area contributed by atoms with Gasteiger partial charge in [0.2, 0.25) is 0 Å². The maximum absolute atomic E-state index is 12.7. The van der Waals surface area contributed by atoms with Gasteiger partial charge in [0.1, 0.15) is 11.5 Å². The summed E-state index contributed by atoms with van der Waals surface area (Å²) in [5.41, 5.74) is 6.63. The van der Waals surface area contributed by atoms with Crippen molar-refractivity contribution in [2.24, 2.45) is 5.92 Å². The predicted octanol–water partition coefficient (Wildman–Crippen LogP) is 5.78. The summed E-state index contributed by atoms with van der Waals surface area (Å²) in [6.45, 7) is 4.67. The van der Waals surface area contributed by atoms with Gasteiger partial charge in [0.25, 0.3) is 5.91 Å². The van der Waals surface area contributed by atoms with Gasteiger partial charge in [-0.25, -0.2) is 0 Å². The van der Waals surface area contributed by atoms with Crippen molar-refractivity contribution in [3.05, 3.63) is 65.2 Å². The Hall–Kier alpha value is -2.96. The third-order valence-corrected chi connectivity index (χ3v) is 7.28. The zero-order valence-electron chi connectivity index (χ0n) is 21.0. The van der Waals surface area contributed by atoms with E-state index < -0.39 is 0 Å². The van der Waals surface area contributed by atoms with Crippen LogP contribution in [-0.2, 0) is 0 Å². The fraction of sp³-hybridized carbons (Fsp3) is 0.414. The first-order valence-electron chi connectivity index (χ1n) is 12.8. The molecule has 7 heteroatoms. The quantitative estimate of drug-likeness (QED) is 0.253. The highest BCUT2D eigenvalue weighted by Crippen LogP contribution is 2.29. The van der Waals surface area contributed by atoms with Crippen molar-refractivity contribution in [2.45, 2.75) is 32.1 Å². The van der Waals surface area contributed by atoms with E-state index in [1.807, 2.05) is 0 Å².